The van der Waals surface area contributed by atoms with Crippen LogP contribution >= 0.6 is 0 Å². The van der Waals surface area contributed by atoms with Gasteiger partial charge in [-0.2, -0.15) is 0 Å². The molecule has 0 aromatic heterocycles. The molecule has 0 aliphatic rings. The van der Waals surface area contributed by atoms with Gasteiger partial charge in [-0.15, -0.1) is 0 Å². The van der Waals surface area contributed by atoms with Crippen molar-refractivity contribution in [1.82, 2.24) is 0 Å². The molecule has 0 radical (unpaired) electrons. The normalized spacial score (nSPS) is 11.3. The van der Waals surface area contributed by atoms with Crippen LogP contribution in [-0.2, 0) is 0 Å². The van der Waals surface area contributed by atoms with Crippen molar-refractivity contribution in [2.24, 2.45) is 0 Å². The van der Waals surface area contributed by atoms with Crippen molar-refractivity contribution in [2.75, 3.05) is 12.4 Å². The standard InChI is InChI=1S/C16H17N/c1-13(12-14-6-4-3-5-7-14)15-8-10-16(17-2)11-9-15/h3-12,17H,1-2H3. The largest absolute Gasteiger partial charge is 0.388 e. The van der Waals surface area contributed by atoms with Gasteiger partial charge in [-0.05, 0) is 35.8 Å². The van der Waals surface area contributed by atoms with Crippen molar-refractivity contribution in [3.8, 4) is 0 Å². The number of benzene rings is 2. The number of anilines is 1. The summed E-state index contributed by atoms with van der Waals surface area (Å²) in [5.74, 6) is 0. The first-order chi connectivity index (χ1) is 8.29. The van der Waals surface area contributed by atoms with E-state index >= 15 is 0 Å². The number of allylic oxidation sites excluding steroid dienone is 1. The lowest BCUT2D eigenvalue weighted by Crippen LogP contribution is -1.87. The van der Waals surface area contributed by atoms with Crippen molar-refractivity contribution in [3.05, 3.63) is 65.7 Å². The SMILES string of the molecule is CNc1ccc(C(C)=Cc2ccccc2)cc1. The molecule has 2 aromatic carbocycles. The second-order valence-corrected chi connectivity index (χ2v) is 4.07. The van der Waals surface area contributed by atoms with E-state index in [4.69, 9.17) is 0 Å². The predicted octanol–water partition coefficient (Wildman–Crippen LogP) is 4.29. The van der Waals surface area contributed by atoms with Crippen molar-refractivity contribution in [2.45, 2.75) is 6.92 Å². The molecule has 17 heavy (non-hydrogen) atoms. The maximum absolute atomic E-state index is 3.12. The zero-order valence-electron chi connectivity index (χ0n) is 10.3. The van der Waals surface area contributed by atoms with Gasteiger partial charge in [-0.25, -0.2) is 0 Å². The molecule has 1 heteroatoms. The molecule has 2 rings (SSSR count). The number of nitrogens with one attached hydrogen (secondary N) is 1. The summed E-state index contributed by atoms with van der Waals surface area (Å²) in [6.45, 7) is 2.14. The fourth-order valence-electron chi connectivity index (χ4n) is 1.78. The van der Waals surface area contributed by atoms with Crippen molar-refractivity contribution < 1.29 is 0 Å². The summed E-state index contributed by atoms with van der Waals surface area (Å²) in [5.41, 5.74) is 4.91. The van der Waals surface area contributed by atoms with E-state index in [0.29, 0.717) is 0 Å². The Labute approximate surface area is 103 Å². The van der Waals surface area contributed by atoms with Gasteiger partial charge in [0.15, 0.2) is 0 Å². The molecule has 0 saturated carbocycles. The number of hydrogen-bond acceptors (Lipinski definition) is 1. The third-order valence-corrected chi connectivity index (χ3v) is 2.81. The van der Waals surface area contributed by atoms with Gasteiger partial charge < -0.3 is 5.32 Å². The quantitative estimate of drug-likeness (QED) is 0.765. The highest BCUT2D eigenvalue weighted by molar-refractivity contribution is 5.80. The molecule has 0 atom stereocenters. The first-order valence-electron chi connectivity index (χ1n) is 5.81. The van der Waals surface area contributed by atoms with E-state index in [9.17, 15) is 0 Å². The second-order valence-electron chi connectivity index (χ2n) is 4.07. The number of rotatable bonds is 3. The van der Waals surface area contributed by atoms with E-state index < -0.39 is 0 Å². The summed E-state index contributed by atoms with van der Waals surface area (Å²) in [6.07, 6.45) is 2.20. The Hall–Kier alpha value is -2.02. The maximum atomic E-state index is 3.12. The summed E-state index contributed by atoms with van der Waals surface area (Å²) in [6, 6.07) is 18.9. The molecule has 0 bridgehead atoms. The average molecular weight is 223 g/mol. The van der Waals surface area contributed by atoms with E-state index in [-0.39, 0.29) is 0 Å². The molecular weight excluding hydrogens is 206 g/mol. The first kappa shape index (κ1) is 11.5. The maximum Gasteiger partial charge on any atom is 0.0337 e. The summed E-state index contributed by atoms with van der Waals surface area (Å²) in [4.78, 5) is 0. The van der Waals surface area contributed by atoms with Crippen LogP contribution in [0.1, 0.15) is 18.1 Å². The van der Waals surface area contributed by atoms with Crippen LogP contribution < -0.4 is 5.32 Å². The minimum atomic E-state index is 1.14. The third kappa shape index (κ3) is 2.97. The molecule has 0 saturated heterocycles. The third-order valence-electron chi connectivity index (χ3n) is 2.81. The summed E-state index contributed by atoms with van der Waals surface area (Å²) in [5, 5.41) is 3.12. The van der Waals surface area contributed by atoms with Crippen LogP contribution in [0.4, 0.5) is 5.69 Å². The monoisotopic (exact) mass is 223 g/mol. The molecule has 0 amide bonds. The second kappa shape index (κ2) is 5.35. The lowest BCUT2D eigenvalue weighted by atomic mass is 10.0. The van der Waals surface area contributed by atoms with Crippen LogP contribution in [0.5, 0.6) is 0 Å². The average Bonchev–Trinajstić information content (AvgIpc) is 2.40. The minimum absolute atomic E-state index is 1.14. The summed E-state index contributed by atoms with van der Waals surface area (Å²) in [7, 11) is 1.93. The van der Waals surface area contributed by atoms with Crippen LogP contribution in [0.15, 0.2) is 54.6 Å². The molecule has 86 valence electrons. The molecule has 0 unspecified atom stereocenters. The topological polar surface area (TPSA) is 12.0 Å². The van der Waals surface area contributed by atoms with Gasteiger partial charge in [0.2, 0.25) is 0 Å². The fraction of sp³-hybridized carbons (Fsp3) is 0.125. The minimum Gasteiger partial charge on any atom is -0.388 e. The molecule has 1 N–H and O–H groups in total. The zero-order chi connectivity index (χ0) is 12.1. The molecule has 0 heterocycles. The Morgan fingerprint density at radius 3 is 2.18 bits per heavy atom. The van der Waals surface area contributed by atoms with Gasteiger partial charge in [-0.3, -0.25) is 0 Å². The first-order valence-corrected chi connectivity index (χ1v) is 5.81. The highest BCUT2D eigenvalue weighted by Gasteiger charge is 1.96. The van der Waals surface area contributed by atoms with Crippen molar-refractivity contribution >= 4 is 17.3 Å². The van der Waals surface area contributed by atoms with E-state index in [1.807, 2.05) is 13.1 Å². The van der Waals surface area contributed by atoms with Crippen LogP contribution in [0, 0.1) is 0 Å². The van der Waals surface area contributed by atoms with Gasteiger partial charge >= 0.3 is 0 Å². The predicted molar refractivity (Wildman–Crippen MR) is 76.0 cm³/mol. The Morgan fingerprint density at radius 1 is 0.941 bits per heavy atom. The lowest BCUT2D eigenvalue weighted by Gasteiger charge is -2.04. The Kier molecular flexibility index (Phi) is 3.61. The van der Waals surface area contributed by atoms with Gasteiger partial charge in [0.1, 0.15) is 0 Å². The zero-order valence-corrected chi connectivity index (χ0v) is 10.3. The van der Waals surface area contributed by atoms with E-state index in [0.717, 1.165) is 5.69 Å². The van der Waals surface area contributed by atoms with Crippen molar-refractivity contribution in [3.63, 3.8) is 0 Å². The van der Waals surface area contributed by atoms with E-state index in [2.05, 4.69) is 66.8 Å². The molecule has 0 spiro atoms. The highest BCUT2D eigenvalue weighted by Crippen LogP contribution is 2.19. The fourth-order valence-corrected chi connectivity index (χ4v) is 1.78. The van der Waals surface area contributed by atoms with E-state index in [1.54, 1.807) is 0 Å². The van der Waals surface area contributed by atoms with Crippen LogP contribution in [0.25, 0.3) is 11.6 Å². The van der Waals surface area contributed by atoms with E-state index in [1.165, 1.54) is 16.7 Å². The van der Waals surface area contributed by atoms with Gasteiger partial charge in [0.25, 0.3) is 0 Å². The molecule has 1 nitrogen and oxygen atoms in total. The Morgan fingerprint density at radius 2 is 1.59 bits per heavy atom. The molecule has 0 aliphatic heterocycles. The van der Waals surface area contributed by atoms with Gasteiger partial charge in [0.05, 0.1) is 0 Å². The summed E-state index contributed by atoms with van der Waals surface area (Å²) < 4.78 is 0. The van der Waals surface area contributed by atoms with Crippen LogP contribution in [0.2, 0.25) is 0 Å². The summed E-state index contributed by atoms with van der Waals surface area (Å²) >= 11 is 0. The smallest absolute Gasteiger partial charge is 0.0337 e. The van der Waals surface area contributed by atoms with Gasteiger partial charge in [-0.1, -0.05) is 48.5 Å². The van der Waals surface area contributed by atoms with Gasteiger partial charge in [0, 0.05) is 12.7 Å². The Balaban J connectivity index is 2.24. The lowest BCUT2D eigenvalue weighted by molar-refractivity contribution is 1.49. The highest BCUT2D eigenvalue weighted by atomic mass is 14.8. The Bertz CT molecular complexity index is 495. The van der Waals surface area contributed by atoms with Crippen LogP contribution in [-0.4, -0.2) is 7.05 Å². The van der Waals surface area contributed by atoms with Crippen molar-refractivity contribution in [1.29, 1.82) is 0 Å². The number of hydrogen-bond donors (Lipinski definition) is 1. The molecule has 2 aromatic rings. The molecule has 0 fully saturated rings. The van der Waals surface area contributed by atoms with Crippen LogP contribution in [0.3, 0.4) is 0 Å². The molecule has 0 aliphatic carbocycles. The molecular formula is C16H17N.